The van der Waals surface area contributed by atoms with Crippen LogP contribution >= 0.6 is 0 Å². The van der Waals surface area contributed by atoms with Crippen molar-refractivity contribution in [1.82, 2.24) is 5.32 Å². The highest BCUT2D eigenvalue weighted by Crippen LogP contribution is 2.21. The number of rotatable bonds is 6. The average Bonchev–Trinajstić information content (AvgIpc) is 3.02. The quantitative estimate of drug-likeness (QED) is 0.799. The molecule has 5 nitrogen and oxygen atoms in total. The van der Waals surface area contributed by atoms with Crippen molar-refractivity contribution in [2.75, 3.05) is 13.7 Å². The van der Waals surface area contributed by atoms with Gasteiger partial charge in [0.05, 0.1) is 25.8 Å². The predicted octanol–water partition coefficient (Wildman–Crippen LogP) is 2.45. The Kier molecular flexibility index (Phi) is 5.14. The van der Waals surface area contributed by atoms with Crippen molar-refractivity contribution >= 4 is 5.97 Å². The number of methoxy groups -OCH3 is 1. The number of esters is 1. The molecule has 0 radical (unpaired) electrons. The van der Waals surface area contributed by atoms with Crippen LogP contribution in [0.4, 0.5) is 0 Å². The molecule has 1 heterocycles. The number of hydrogen-bond acceptors (Lipinski definition) is 5. The van der Waals surface area contributed by atoms with Gasteiger partial charge in [-0.15, -0.1) is 0 Å². The molecule has 0 saturated carbocycles. The van der Waals surface area contributed by atoms with Gasteiger partial charge in [0.25, 0.3) is 0 Å². The number of nitrogens with one attached hydrogen (secondary N) is 1. The lowest BCUT2D eigenvalue weighted by Crippen LogP contribution is -2.27. The van der Waals surface area contributed by atoms with Crippen LogP contribution in [0.25, 0.3) is 0 Å². The zero-order valence-corrected chi connectivity index (χ0v) is 12.1. The van der Waals surface area contributed by atoms with E-state index >= 15 is 0 Å². The molecule has 0 aliphatic heterocycles. The molecule has 0 fully saturated rings. The first-order valence-electron chi connectivity index (χ1n) is 6.75. The molecule has 2 aromatic rings. The Morgan fingerprint density at radius 1 is 1.29 bits per heavy atom. The van der Waals surface area contributed by atoms with Crippen LogP contribution in [0.3, 0.4) is 0 Å². The van der Waals surface area contributed by atoms with Gasteiger partial charge in [0, 0.05) is 0 Å². The summed E-state index contributed by atoms with van der Waals surface area (Å²) >= 11 is 0. The van der Waals surface area contributed by atoms with Crippen LogP contribution in [0.15, 0.2) is 46.9 Å². The molecule has 0 aliphatic carbocycles. The van der Waals surface area contributed by atoms with Crippen LogP contribution in [-0.4, -0.2) is 24.8 Å². The van der Waals surface area contributed by atoms with E-state index in [1.165, 1.54) is 7.11 Å². The summed E-state index contributed by atoms with van der Waals surface area (Å²) in [5, 5.41) is 12.8. The Labute approximate surface area is 123 Å². The molecule has 21 heavy (non-hydrogen) atoms. The van der Waals surface area contributed by atoms with Crippen molar-refractivity contribution < 1.29 is 19.1 Å². The van der Waals surface area contributed by atoms with Crippen molar-refractivity contribution in [2.24, 2.45) is 0 Å². The minimum Gasteiger partial charge on any atom is -0.463 e. The maximum Gasteiger partial charge on any atom is 0.373 e. The molecule has 1 aromatic heterocycles. The highest BCUT2D eigenvalue weighted by Gasteiger charge is 2.19. The summed E-state index contributed by atoms with van der Waals surface area (Å²) in [4.78, 5) is 11.4. The summed E-state index contributed by atoms with van der Waals surface area (Å²) < 4.78 is 10.1. The molecule has 2 atom stereocenters. The maximum atomic E-state index is 11.4. The van der Waals surface area contributed by atoms with E-state index in [2.05, 4.69) is 10.1 Å². The topological polar surface area (TPSA) is 71.7 Å². The van der Waals surface area contributed by atoms with Crippen LogP contribution in [0.2, 0.25) is 0 Å². The monoisotopic (exact) mass is 289 g/mol. The largest absolute Gasteiger partial charge is 0.463 e. The van der Waals surface area contributed by atoms with Gasteiger partial charge in [0.1, 0.15) is 5.76 Å². The SMILES string of the molecule is COC(=O)c1ccc(C(C)NC(CO)c2ccccc2)o1. The van der Waals surface area contributed by atoms with Gasteiger partial charge in [-0.3, -0.25) is 5.32 Å². The minimum absolute atomic E-state index is 0.0288. The van der Waals surface area contributed by atoms with Gasteiger partial charge in [0.15, 0.2) is 0 Å². The lowest BCUT2D eigenvalue weighted by molar-refractivity contribution is 0.0561. The Hall–Kier alpha value is -2.11. The number of furan rings is 1. The van der Waals surface area contributed by atoms with E-state index in [-0.39, 0.29) is 24.5 Å². The van der Waals surface area contributed by atoms with Gasteiger partial charge < -0.3 is 14.3 Å². The van der Waals surface area contributed by atoms with E-state index in [1.807, 2.05) is 37.3 Å². The third kappa shape index (κ3) is 3.71. The van der Waals surface area contributed by atoms with E-state index in [9.17, 15) is 9.90 Å². The molecule has 0 saturated heterocycles. The lowest BCUT2D eigenvalue weighted by Gasteiger charge is -2.20. The number of aliphatic hydroxyl groups is 1. The van der Waals surface area contributed by atoms with Crippen LogP contribution in [-0.2, 0) is 4.74 Å². The molecule has 2 rings (SSSR count). The summed E-state index contributed by atoms with van der Waals surface area (Å²) in [5.41, 5.74) is 0.992. The van der Waals surface area contributed by atoms with Gasteiger partial charge in [-0.1, -0.05) is 30.3 Å². The molecular weight excluding hydrogens is 270 g/mol. The highest BCUT2D eigenvalue weighted by molar-refractivity contribution is 5.86. The molecular formula is C16H19NO4. The molecule has 0 aliphatic rings. The fraction of sp³-hybridized carbons (Fsp3) is 0.312. The Bertz CT molecular complexity index is 579. The van der Waals surface area contributed by atoms with Gasteiger partial charge in [-0.05, 0) is 24.6 Å². The van der Waals surface area contributed by atoms with Crippen molar-refractivity contribution in [3.63, 3.8) is 0 Å². The number of carbonyl (C=O) groups is 1. The zero-order chi connectivity index (χ0) is 15.2. The Balaban J connectivity index is 2.07. The standard InChI is InChI=1S/C16H19NO4/c1-11(14-8-9-15(21-14)16(19)20-2)17-13(10-18)12-6-4-3-5-7-12/h3-9,11,13,17-18H,10H2,1-2H3. The predicted molar refractivity (Wildman–Crippen MR) is 77.9 cm³/mol. The average molecular weight is 289 g/mol. The molecule has 0 bridgehead atoms. The summed E-state index contributed by atoms with van der Waals surface area (Å²) in [6, 6.07) is 12.6. The van der Waals surface area contributed by atoms with Gasteiger partial charge in [0.2, 0.25) is 5.76 Å². The highest BCUT2D eigenvalue weighted by atomic mass is 16.5. The second-order valence-electron chi connectivity index (χ2n) is 4.73. The minimum atomic E-state index is -0.504. The molecule has 2 N–H and O–H groups in total. The fourth-order valence-corrected chi connectivity index (χ4v) is 2.12. The Morgan fingerprint density at radius 3 is 2.62 bits per heavy atom. The lowest BCUT2D eigenvalue weighted by atomic mass is 10.1. The zero-order valence-electron chi connectivity index (χ0n) is 12.1. The van der Waals surface area contributed by atoms with Crippen molar-refractivity contribution in [1.29, 1.82) is 0 Å². The number of benzene rings is 1. The van der Waals surface area contributed by atoms with Gasteiger partial charge in [-0.2, -0.15) is 0 Å². The third-order valence-electron chi connectivity index (χ3n) is 3.28. The summed E-state index contributed by atoms with van der Waals surface area (Å²) in [6.07, 6.45) is 0. The van der Waals surface area contributed by atoms with E-state index in [0.717, 1.165) is 5.56 Å². The number of hydrogen-bond donors (Lipinski definition) is 2. The first-order valence-corrected chi connectivity index (χ1v) is 6.75. The summed E-state index contributed by atoms with van der Waals surface area (Å²) in [5.74, 6) is 0.279. The first kappa shape index (κ1) is 15.3. The van der Waals surface area contributed by atoms with Crippen LogP contribution < -0.4 is 5.32 Å². The number of carbonyl (C=O) groups excluding carboxylic acids is 1. The summed E-state index contributed by atoms with van der Waals surface area (Å²) in [6.45, 7) is 1.88. The second-order valence-corrected chi connectivity index (χ2v) is 4.73. The molecule has 0 spiro atoms. The van der Waals surface area contributed by atoms with Gasteiger partial charge in [-0.25, -0.2) is 4.79 Å². The van der Waals surface area contributed by atoms with E-state index in [1.54, 1.807) is 12.1 Å². The normalized spacial score (nSPS) is 13.7. The second kappa shape index (κ2) is 7.06. The van der Waals surface area contributed by atoms with E-state index in [4.69, 9.17) is 4.42 Å². The van der Waals surface area contributed by atoms with Crippen molar-refractivity contribution in [3.8, 4) is 0 Å². The maximum absolute atomic E-state index is 11.4. The van der Waals surface area contributed by atoms with Gasteiger partial charge >= 0.3 is 5.97 Å². The number of ether oxygens (including phenoxy) is 1. The summed E-state index contributed by atoms with van der Waals surface area (Å²) in [7, 11) is 1.31. The molecule has 112 valence electrons. The molecule has 5 heteroatoms. The molecule has 0 amide bonds. The van der Waals surface area contributed by atoms with Crippen molar-refractivity contribution in [2.45, 2.75) is 19.0 Å². The van der Waals surface area contributed by atoms with Crippen LogP contribution in [0.1, 0.15) is 40.9 Å². The van der Waals surface area contributed by atoms with E-state index in [0.29, 0.717) is 5.76 Å². The molecule has 1 aromatic carbocycles. The Morgan fingerprint density at radius 2 is 2.00 bits per heavy atom. The van der Waals surface area contributed by atoms with E-state index < -0.39 is 5.97 Å². The number of aliphatic hydroxyl groups excluding tert-OH is 1. The molecule has 2 unspecified atom stereocenters. The third-order valence-corrected chi connectivity index (χ3v) is 3.28. The van der Waals surface area contributed by atoms with Crippen molar-refractivity contribution in [3.05, 3.63) is 59.5 Å². The van der Waals surface area contributed by atoms with Crippen LogP contribution in [0.5, 0.6) is 0 Å². The first-order chi connectivity index (χ1) is 10.2. The fourth-order valence-electron chi connectivity index (χ4n) is 2.12. The smallest absolute Gasteiger partial charge is 0.373 e. The van der Waals surface area contributed by atoms with Crippen LogP contribution in [0, 0.1) is 0 Å².